The largest absolute Gasteiger partial charge is 0.480 e. The number of carbonyl (C=O) groups excluding carboxylic acids is 1. The second kappa shape index (κ2) is 13.7. The van der Waals surface area contributed by atoms with E-state index in [1.54, 1.807) is 0 Å². The zero-order chi connectivity index (χ0) is 18.4. The summed E-state index contributed by atoms with van der Waals surface area (Å²) in [6, 6.07) is -2.37. The maximum atomic E-state index is 10.2. The Morgan fingerprint density at radius 2 is 1.43 bits per heavy atom. The van der Waals surface area contributed by atoms with Gasteiger partial charge in [0.25, 0.3) is 0 Å². The van der Waals surface area contributed by atoms with Crippen molar-refractivity contribution in [1.82, 2.24) is 5.32 Å². The van der Waals surface area contributed by atoms with Crippen LogP contribution in [0.4, 0.5) is 4.79 Å². The molecule has 0 heterocycles. The Kier molecular flexibility index (Phi) is 13.9. The van der Waals surface area contributed by atoms with E-state index in [1.807, 2.05) is 0 Å². The fourth-order valence-corrected chi connectivity index (χ4v) is 1.27. The van der Waals surface area contributed by atoms with Crippen LogP contribution >= 0.6 is 0 Å². The number of aliphatic carboxylic acids is 2. The fourth-order valence-electron chi connectivity index (χ4n) is 1.27. The molecule has 3 atom stereocenters. The Morgan fingerprint density at radius 1 is 0.957 bits per heavy atom. The Labute approximate surface area is 134 Å². The van der Waals surface area contributed by atoms with Crippen LogP contribution in [0.25, 0.3) is 0 Å². The molecule has 0 aliphatic rings. The number of hydrogen-bond acceptors (Lipinski definition) is 7. The van der Waals surface area contributed by atoms with E-state index >= 15 is 0 Å². The number of urea groups is 1. The molecule has 0 spiro atoms. The molecule has 11 nitrogen and oxygen atoms in total. The molecule has 11 heteroatoms. The number of nitrogens with two attached hydrogens (primary N) is 4. The van der Waals surface area contributed by atoms with E-state index in [2.05, 4.69) is 5.32 Å². The van der Waals surface area contributed by atoms with E-state index in [-0.39, 0.29) is 13.0 Å². The first kappa shape index (κ1) is 23.3. The first-order valence-corrected chi connectivity index (χ1v) is 7.00. The van der Waals surface area contributed by atoms with Crippen LogP contribution in [0.3, 0.4) is 0 Å². The van der Waals surface area contributed by atoms with Crippen LogP contribution in [-0.2, 0) is 9.59 Å². The van der Waals surface area contributed by atoms with Gasteiger partial charge in [-0.2, -0.15) is 0 Å². The van der Waals surface area contributed by atoms with E-state index in [4.69, 9.17) is 38.3 Å². The van der Waals surface area contributed by atoms with Crippen molar-refractivity contribution in [3.8, 4) is 0 Å². The van der Waals surface area contributed by atoms with Gasteiger partial charge in [0.05, 0.1) is 6.10 Å². The average Bonchev–Trinajstić information content (AvgIpc) is 2.48. The van der Waals surface area contributed by atoms with Crippen LogP contribution in [-0.4, -0.2) is 64.6 Å². The van der Waals surface area contributed by atoms with Crippen molar-refractivity contribution in [1.29, 1.82) is 0 Å². The highest BCUT2D eigenvalue weighted by Crippen LogP contribution is 1.98. The van der Waals surface area contributed by atoms with Crippen molar-refractivity contribution < 1.29 is 29.7 Å². The number of primary amides is 1. The molecule has 0 rings (SSSR count). The van der Waals surface area contributed by atoms with E-state index in [0.29, 0.717) is 25.8 Å². The number of carboxylic acid groups (broad SMARTS) is 2. The van der Waals surface area contributed by atoms with Gasteiger partial charge in [0.15, 0.2) is 0 Å². The van der Waals surface area contributed by atoms with Gasteiger partial charge >= 0.3 is 18.0 Å². The normalized spacial score (nSPS) is 13.9. The van der Waals surface area contributed by atoms with Crippen LogP contribution in [0.5, 0.6) is 0 Å². The van der Waals surface area contributed by atoms with Gasteiger partial charge in [-0.05, 0) is 25.7 Å². The summed E-state index contributed by atoms with van der Waals surface area (Å²) in [6.45, 7) is 0.503. The molecule has 0 aromatic carbocycles. The van der Waals surface area contributed by atoms with Crippen LogP contribution in [0.1, 0.15) is 25.7 Å². The van der Waals surface area contributed by atoms with Crippen LogP contribution in [0, 0.1) is 0 Å². The lowest BCUT2D eigenvalue weighted by Gasteiger charge is -2.09. The third-order valence-electron chi connectivity index (χ3n) is 2.71. The van der Waals surface area contributed by atoms with Gasteiger partial charge in [-0.1, -0.05) is 0 Å². The minimum absolute atomic E-state index is 0.145. The molecule has 0 radical (unpaired) electrons. The summed E-state index contributed by atoms with van der Waals surface area (Å²) in [5.74, 6) is -2.08. The summed E-state index contributed by atoms with van der Waals surface area (Å²) < 4.78 is 0. The zero-order valence-corrected chi connectivity index (χ0v) is 12.9. The Balaban J connectivity index is 0. The predicted molar refractivity (Wildman–Crippen MR) is 82.3 cm³/mol. The molecule has 0 aromatic rings. The van der Waals surface area contributed by atoms with E-state index in [9.17, 15) is 14.4 Å². The number of aliphatic hydroxyl groups is 1. The van der Waals surface area contributed by atoms with Gasteiger partial charge in [0.1, 0.15) is 12.1 Å². The monoisotopic (exact) mass is 337 g/mol. The van der Waals surface area contributed by atoms with Crippen LogP contribution in [0.2, 0.25) is 0 Å². The first-order chi connectivity index (χ1) is 10.6. The fraction of sp³-hybridized carbons (Fsp3) is 0.750. The summed E-state index contributed by atoms with van der Waals surface area (Å²) in [7, 11) is 0. The van der Waals surface area contributed by atoms with Gasteiger partial charge < -0.3 is 43.6 Å². The second-order valence-corrected chi connectivity index (χ2v) is 4.79. The number of nitrogens with one attached hydrogen (secondary N) is 1. The second-order valence-electron chi connectivity index (χ2n) is 4.79. The molecule has 1 unspecified atom stereocenters. The summed E-state index contributed by atoms with van der Waals surface area (Å²) >= 11 is 0. The van der Waals surface area contributed by atoms with Gasteiger partial charge in [0, 0.05) is 13.1 Å². The molecule has 0 saturated carbocycles. The quantitative estimate of drug-likeness (QED) is 0.194. The molecular weight excluding hydrogens is 310 g/mol. The molecule has 136 valence electrons. The highest BCUT2D eigenvalue weighted by atomic mass is 16.4. The lowest BCUT2D eigenvalue weighted by Crippen LogP contribution is -2.33. The van der Waals surface area contributed by atoms with Gasteiger partial charge in [-0.3, -0.25) is 9.59 Å². The molecule has 2 amide bonds. The standard InChI is InChI=1S/C6H13N3O3.C6H14N2O3/c7-4(5(10)11)2-1-3-9-6(8)12;7-3-4(9)1-2-5(8)6(10)11/h4H,1-3,7H2,(H,10,11)(H3,8,9,12);4-5,9H,1-3,7-8H2,(H,10,11)/t4-;4?,5-/m00/s1. The van der Waals surface area contributed by atoms with E-state index in [0.717, 1.165) is 0 Å². The number of amides is 2. The Bertz CT molecular complexity index is 368. The summed E-state index contributed by atoms with van der Waals surface area (Å²) in [6.07, 6.45) is 0.796. The minimum atomic E-state index is -1.05. The summed E-state index contributed by atoms with van der Waals surface area (Å²) in [4.78, 5) is 30.5. The number of carboxylic acids is 2. The van der Waals surface area contributed by atoms with E-state index < -0.39 is 36.2 Å². The van der Waals surface area contributed by atoms with Crippen molar-refractivity contribution in [2.24, 2.45) is 22.9 Å². The maximum Gasteiger partial charge on any atom is 0.320 e. The lowest BCUT2D eigenvalue weighted by atomic mass is 10.1. The molecule has 0 aromatic heterocycles. The molecule has 0 aliphatic heterocycles. The van der Waals surface area contributed by atoms with Crippen molar-refractivity contribution >= 4 is 18.0 Å². The van der Waals surface area contributed by atoms with Gasteiger partial charge in [-0.15, -0.1) is 0 Å². The smallest absolute Gasteiger partial charge is 0.320 e. The van der Waals surface area contributed by atoms with Gasteiger partial charge in [-0.25, -0.2) is 4.79 Å². The molecule has 0 bridgehead atoms. The summed E-state index contributed by atoms with van der Waals surface area (Å²) in [5, 5.41) is 27.9. The number of hydrogen-bond donors (Lipinski definition) is 8. The van der Waals surface area contributed by atoms with Crippen LogP contribution < -0.4 is 28.3 Å². The highest BCUT2D eigenvalue weighted by Gasteiger charge is 2.12. The van der Waals surface area contributed by atoms with Gasteiger partial charge in [0.2, 0.25) is 0 Å². The highest BCUT2D eigenvalue weighted by molar-refractivity contribution is 5.73. The molecular formula is C12H27N5O6. The predicted octanol–water partition coefficient (Wildman–Crippen LogP) is -2.66. The molecule has 23 heavy (non-hydrogen) atoms. The van der Waals surface area contributed by atoms with Crippen molar-refractivity contribution in [2.45, 2.75) is 43.9 Å². The van der Waals surface area contributed by atoms with E-state index in [1.165, 1.54) is 0 Å². The zero-order valence-electron chi connectivity index (χ0n) is 12.9. The Hall–Kier alpha value is -1.95. The maximum absolute atomic E-state index is 10.2. The SMILES string of the molecule is NC(=O)NCCC[C@H](N)C(=O)O.NCC(O)CC[C@H](N)C(=O)O. The lowest BCUT2D eigenvalue weighted by molar-refractivity contribution is -0.139. The topological polar surface area (TPSA) is 228 Å². The summed E-state index contributed by atoms with van der Waals surface area (Å²) in [5.41, 5.74) is 20.2. The average molecular weight is 337 g/mol. The number of rotatable bonds is 10. The molecule has 0 aliphatic carbocycles. The third-order valence-corrected chi connectivity index (χ3v) is 2.71. The molecule has 0 fully saturated rings. The van der Waals surface area contributed by atoms with Crippen molar-refractivity contribution in [2.75, 3.05) is 13.1 Å². The van der Waals surface area contributed by atoms with Crippen LogP contribution in [0.15, 0.2) is 0 Å². The number of aliphatic hydroxyl groups excluding tert-OH is 1. The molecule has 0 saturated heterocycles. The minimum Gasteiger partial charge on any atom is -0.480 e. The third kappa shape index (κ3) is 16.2. The Morgan fingerprint density at radius 3 is 1.83 bits per heavy atom. The first-order valence-electron chi connectivity index (χ1n) is 7.00. The molecule has 12 N–H and O–H groups in total. The van der Waals surface area contributed by atoms with Crippen molar-refractivity contribution in [3.05, 3.63) is 0 Å². The number of carbonyl (C=O) groups is 3. The van der Waals surface area contributed by atoms with Crippen molar-refractivity contribution in [3.63, 3.8) is 0 Å².